The molecular formula is C10H14O2. The first-order chi connectivity index (χ1) is 5.56. The lowest BCUT2D eigenvalue weighted by atomic mass is 9.83. The predicted octanol–water partition coefficient (Wildman–Crippen LogP) is 2.29. The molecule has 0 spiro atoms. The zero-order chi connectivity index (χ0) is 8.82. The van der Waals surface area contributed by atoms with E-state index in [-0.39, 0.29) is 5.41 Å². The molecule has 1 N–H and O–H groups in total. The summed E-state index contributed by atoms with van der Waals surface area (Å²) in [6.07, 6.45) is 5.44. The summed E-state index contributed by atoms with van der Waals surface area (Å²) in [5, 5.41) is 10.2. The van der Waals surface area contributed by atoms with Crippen LogP contribution in [-0.4, -0.2) is 5.11 Å². The monoisotopic (exact) mass is 166 g/mol. The van der Waals surface area contributed by atoms with Gasteiger partial charge in [-0.15, -0.1) is 0 Å². The first kappa shape index (κ1) is 7.87. The Kier molecular flexibility index (Phi) is 1.40. The number of hydrogen-bond acceptors (Lipinski definition) is 2. The van der Waals surface area contributed by atoms with Crippen molar-refractivity contribution in [2.45, 2.75) is 32.3 Å². The molecule has 0 aliphatic heterocycles. The first-order valence-electron chi connectivity index (χ1n) is 4.31. The summed E-state index contributed by atoms with van der Waals surface area (Å²) in [6, 6.07) is 1.84. The van der Waals surface area contributed by atoms with Gasteiger partial charge in [0.25, 0.3) is 0 Å². The molecule has 1 aromatic rings. The van der Waals surface area contributed by atoms with Crippen LogP contribution in [0.25, 0.3) is 0 Å². The normalized spacial score (nSPS) is 24.9. The standard InChI is InChI=1S/C10H14O2/c1-9(4-5-9)10(2,11)8-3-6-12-7-8/h3,6-7,11H,4-5H2,1-2H3. The first-order valence-corrected chi connectivity index (χ1v) is 4.31. The van der Waals surface area contributed by atoms with Gasteiger partial charge in [-0.05, 0) is 25.8 Å². The second kappa shape index (κ2) is 2.13. The third-order valence-corrected chi connectivity index (χ3v) is 3.26. The van der Waals surface area contributed by atoms with Gasteiger partial charge in [0.05, 0.1) is 18.1 Å². The van der Waals surface area contributed by atoms with Gasteiger partial charge in [0.1, 0.15) is 0 Å². The summed E-state index contributed by atoms with van der Waals surface area (Å²) in [6.45, 7) is 3.98. The van der Waals surface area contributed by atoms with Crippen LogP contribution in [0.1, 0.15) is 32.3 Å². The Balaban J connectivity index is 2.33. The van der Waals surface area contributed by atoms with Crippen LogP contribution in [0.15, 0.2) is 23.0 Å². The lowest BCUT2D eigenvalue weighted by Crippen LogP contribution is -2.30. The van der Waals surface area contributed by atoms with Crippen LogP contribution in [-0.2, 0) is 5.60 Å². The molecule has 2 heteroatoms. The molecule has 2 rings (SSSR count). The Morgan fingerprint density at radius 3 is 2.67 bits per heavy atom. The Morgan fingerprint density at radius 1 is 1.58 bits per heavy atom. The van der Waals surface area contributed by atoms with E-state index >= 15 is 0 Å². The van der Waals surface area contributed by atoms with Crippen LogP contribution in [0.2, 0.25) is 0 Å². The highest BCUT2D eigenvalue weighted by Crippen LogP contribution is 2.57. The van der Waals surface area contributed by atoms with Crippen LogP contribution < -0.4 is 0 Å². The Hall–Kier alpha value is -0.760. The van der Waals surface area contributed by atoms with E-state index in [0.29, 0.717) is 0 Å². The summed E-state index contributed by atoms with van der Waals surface area (Å²) in [7, 11) is 0. The van der Waals surface area contributed by atoms with Gasteiger partial charge < -0.3 is 9.52 Å². The molecule has 1 fully saturated rings. The van der Waals surface area contributed by atoms with Gasteiger partial charge in [0, 0.05) is 11.0 Å². The number of furan rings is 1. The molecular weight excluding hydrogens is 152 g/mol. The fourth-order valence-electron chi connectivity index (χ4n) is 1.56. The molecule has 66 valence electrons. The zero-order valence-electron chi connectivity index (χ0n) is 7.50. The number of aliphatic hydroxyl groups is 1. The average molecular weight is 166 g/mol. The second-order valence-electron chi connectivity index (χ2n) is 4.14. The van der Waals surface area contributed by atoms with E-state index in [4.69, 9.17) is 4.42 Å². The molecule has 1 aliphatic rings. The summed E-state index contributed by atoms with van der Waals surface area (Å²) in [4.78, 5) is 0. The van der Waals surface area contributed by atoms with Gasteiger partial charge in [-0.2, -0.15) is 0 Å². The fraction of sp³-hybridized carbons (Fsp3) is 0.600. The largest absolute Gasteiger partial charge is 0.472 e. The molecule has 0 amide bonds. The van der Waals surface area contributed by atoms with E-state index < -0.39 is 5.60 Å². The van der Waals surface area contributed by atoms with E-state index in [1.165, 1.54) is 0 Å². The van der Waals surface area contributed by atoms with Crippen molar-refractivity contribution in [1.82, 2.24) is 0 Å². The predicted molar refractivity (Wildman–Crippen MR) is 45.6 cm³/mol. The molecule has 1 aromatic heterocycles. The summed E-state index contributed by atoms with van der Waals surface area (Å²) < 4.78 is 4.96. The van der Waals surface area contributed by atoms with Crippen molar-refractivity contribution in [1.29, 1.82) is 0 Å². The van der Waals surface area contributed by atoms with Crippen LogP contribution in [0.4, 0.5) is 0 Å². The van der Waals surface area contributed by atoms with Gasteiger partial charge in [0.15, 0.2) is 0 Å². The van der Waals surface area contributed by atoms with E-state index in [9.17, 15) is 5.11 Å². The lowest BCUT2D eigenvalue weighted by Gasteiger charge is -2.29. The van der Waals surface area contributed by atoms with Crippen LogP contribution in [0, 0.1) is 5.41 Å². The van der Waals surface area contributed by atoms with Crippen molar-refractivity contribution in [3.63, 3.8) is 0 Å². The molecule has 1 unspecified atom stereocenters. The minimum Gasteiger partial charge on any atom is -0.472 e. The van der Waals surface area contributed by atoms with Crippen molar-refractivity contribution >= 4 is 0 Å². The smallest absolute Gasteiger partial charge is 0.0963 e. The molecule has 1 saturated carbocycles. The SMILES string of the molecule is CC1(C(C)(O)c2ccoc2)CC1. The highest BCUT2D eigenvalue weighted by molar-refractivity contribution is 5.22. The highest BCUT2D eigenvalue weighted by Gasteiger charge is 2.53. The summed E-state index contributed by atoms with van der Waals surface area (Å²) in [5.41, 5.74) is 0.235. The van der Waals surface area contributed by atoms with Gasteiger partial charge >= 0.3 is 0 Å². The van der Waals surface area contributed by atoms with Gasteiger partial charge in [-0.1, -0.05) is 6.92 Å². The Labute approximate surface area is 72.2 Å². The van der Waals surface area contributed by atoms with Crippen molar-refractivity contribution in [2.24, 2.45) is 5.41 Å². The molecule has 0 bridgehead atoms. The highest BCUT2D eigenvalue weighted by atomic mass is 16.3. The maximum absolute atomic E-state index is 10.2. The van der Waals surface area contributed by atoms with Crippen LogP contribution in [0.3, 0.4) is 0 Å². The van der Waals surface area contributed by atoms with E-state index in [2.05, 4.69) is 6.92 Å². The molecule has 1 aliphatic carbocycles. The van der Waals surface area contributed by atoms with E-state index in [1.54, 1.807) is 12.5 Å². The number of hydrogen-bond donors (Lipinski definition) is 1. The van der Waals surface area contributed by atoms with Gasteiger partial charge in [0.2, 0.25) is 0 Å². The maximum Gasteiger partial charge on any atom is 0.0963 e. The van der Waals surface area contributed by atoms with E-state index in [1.807, 2.05) is 13.0 Å². The molecule has 0 saturated heterocycles. The summed E-state index contributed by atoms with van der Waals surface area (Å²) >= 11 is 0. The summed E-state index contributed by atoms with van der Waals surface area (Å²) in [5.74, 6) is 0. The average Bonchev–Trinajstić information content (AvgIpc) is 2.59. The fourth-order valence-corrected chi connectivity index (χ4v) is 1.56. The van der Waals surface area contributed by atoms with Crippen molar-refractivity contribution in [3.05, 3.63) is 24.2 Å². The second-order valence-corrected chi connectivity index (χ2v) is 4.14. The zero-order valence-corrected chi connectivity index (χ0v) is 7.50. The van der Waals surface area contributed by atoms with Crippen molar-refractivity contribution < 1.29 is 9.52 Å². The maximum atomic E-state index is 10.2. The molecule has 2 nitrogen and oxygen atoms in total. The van der Waals surface area contributed by atoms with Gasteiger partial charge in [-0.3, -0.25) is 0 Å². The molecule has 0 radical (unpaired) electrons. The molecule has 1 atom stereocenters. The molecule has 12 heavy (non-hydrogen) atoms. The van der Waals surface area contributed by atoms with Crippen LogP contribution in [0.5, 0.6) is 0 Å². The Morgan fingerprint density at radius 2 is 2.25 bits per heavy atom. The number of rotatable bonds is 2. The van der Waals surface area contributed by atoms with Gasteiger partial charge in [-0.25, -0.2) is 0 Å². The quantitative estimate of drug-likeness (QED) is 0.731. The van der Waals surface area contributed by atoms with Crippen molar-refractivity contribution in [3.8, 4) is 0 Å². The minimum absolute atomic E-state index is 0.0663. The Bertz CT molecular complexity index is 268. The minimum atomic E-state index is -0.722. The molecule has 0 aromatic carbocycles. The third-order valence-electron chi connectivity index (χ3n) is 3.26. The van der Waals surface area contributed by atoms with Crippen LogP contribution >= 0.6 is 0 Å². The third kappa shape index (κ3) is 0.911. The van der Waals surface area contributed by atoms with Crippen molar-refractivity contribution in [2.75, 3.05) is 0 Å². The van der Waals surface area contributed by atoms with E-state index in [0.717, 1.165) is 18.4 Å². The molecule has 1 heterocycles. The lowest BCUT2D eigenvalue weighted by molar-refractivity contribution is -0.0131. The topological polar surface area (TPSA) is 33.4 Å².